The molecule has 0 aliphatic carbocycles. The molecule has 1 aromatic heterocycles. The zero-order valence-corrected chi connectivity index (χ0v) is 14.5. The lowest BCUT2D eigenvalue weighted by atomic mass is 10.1. The summed E-state index contributed by atoms with van der Waals surface area (Å²) in [5, 5.41) is 4.71. The Morgan fingerprint density at radius 3 is 2.41 bits per heavy atom. The highest BCUT2D eigenvalue weighted by atomic mass is 32.1. The van der Waals surface area contributed by atoms with Crippen molar-refractivity contribution in [3.05, 3.63) is 46.7 Å². The molecule has 1 aromatic carbocycles. The van der Waals surface area contributed by atoms with Crippen LogP contribution in [-0.4, -0.2) is 36.8 Å². The number of rotatable bonds is 4. The van der Waals surface area contributed by atoms with Crippen LogP contribution in [0.5, 0.6) is 5.75 Å². The lowest BCUT2D eigenvalue weighted by molar-refractivity contribution is -0.197. The first kappa shape index (κ1) is 18.7. The molecule has 1 aliphatic rings. The molecule has 1 aliphatic heterocycles. The van der Waals surface area contributed by atoms with Crippen LogP contribution in [0.4, 0.5) is 23.7 Å². The number of carbonyl (C=O) groups is 3. The number of anilines is 1. The summed E-state index contributed by atoms with van der Waals surface area (Å²) in [5.41, 5.74) is -3.67. The van der Waals surface area contributed by atoms with Crippen LogP contribution in [0, 0.1) is 0 Å². The maximum Gasteiger partial charge on any atom is 0.440 e. The molecule has 2 N–H and O–H groups in total. The van der Waals surface area contributed by atoms with E-state index < -0.39 is 29.7 Å². The molecule has 1 atom stereocenters. The summed E-state index contributed by atoms with van der Waals surface area (Å²) in [7, 11) is 1.39. The average molecular weight is 399 g/mol. The van der Waals surface area contributed by atoms with Crippen LogP contribution < -0.4 is 20.3 Å². The number of methoxy groups -OCH3 is 1. The molecular formula is C16H12F3N3O4S. The van der Waals surface area contributed by atoms with Gasteiger partial charge < -0.3 is 10.1 Å². The summed E-state index contributed by atoms with van der Waals surface area (Å²) in [4.78, 5) is 37.2. The predicted molar refractivity (Wildman–Crippen MR) is 89.6 cm³/mol. The van der Waals surface area contributed by atoms with Gasteiger partial charge in [-0.2, -0.15) is 13.2 Å². The van der Waals surface area contributed by atoms with Gasteiger partial charge in [0.1, 0.15) is 5.75 Å². The molecule has 0 radical (unpaired) electrons. The van der Waals surface area contributed by atoms with Gasteiger partial charge in [-0.1, -0.05) is 6.07 Å². The van der Waals surface area contributed by atoms with Crippen molar-refractivity contribution >= 4 is 34.9 Å². The molecule has 1 saturated heterocycles. The van der Waals surface area contributed by atoms with Gasteiger partial charge in [-0.3, -0.25) is 14.9 Å². The van der Waals surface area contributed by atoms with Crippen LogP contribution in [-0.2, 0) is 4.79 Å². The van der Waals surface area contributed by atoms with E-state index >= 15 is 0 Å². The predicted octanol–water partition coefficient (Wildman–Crippen LogP) is 2.50. The van der Waals surface area contributed by atoms with E-state index in [1.165, 1.54) is 48.9 Å². The van der Waals surface area contributed by atoms with Gasteiger partial charge >= 0.3 is 12.2 Å². The first-order valence-corrected chi connectivity index (χ1v) is 8.31. The van der Waals surface area contributed by atoms with Crippen LogP contribution in [0.2, 0.25) is 0 Å². The van der Waals surface area contributed by atoms with Crippen molar-refractivity contribution in [2.45, 2.75) is 11.8 Å². The molecular weight excluding hydrogens is 387 g/mol. The molecule has 0 spiro atoms. The smallest absolute Gasteiger partial charge is 0.440 e. The first-order valence-electron chi connectivity index (χ1n) is 7.43. The lowest BCUT2D eigenvalue weighted by Gasteiger charge is -2.29. The fourth-order valence-electron chi connectivity index (χ4n) is 2.48. The third-order valence-corrected chi connectivity index (χ3v) is 4.69. The number of nitrogens with zero attached hydrogens (tertiary/aromatic N) is 1. The Morgan fingerprint density at radius 1 is 1.22 bits per heavy atom. The molecule has 0 unspecified atom stereocenters. The number of carbonyl (C=O) groups excluding carboxylic acids is 3. The molecule has 4 amide bonds. The largest absolute Gasteiger partial charge is 0.497 e. The highest BCUT2D eigenvalue weighted by molar-refractivity contribution is 7.12. The Labute approximate surface area is 154 Å². The summed E-state index contributed by atoms with van der Waals surface area (Å²) >= 11 is 0.896. The van der Waals surface area contributed by atoms with Crippen molar-refractivity contribution < 1.29 is 32.3 Å². The van der Waals surface area contributed by atoms with Crippen molar-refractivity contribution in [3.8, 4) is 5.75 Å². The molecule has 1 fully saturated rings. The zero-order valence-electron chi connectivity index (χ0n) is 13.7. The number of benzene rings is 1. The standard InChI is InChI=1S/C16H12F3N3O4S/c1-26-10-6-4-9(5-7-10)22-13(24)15(16(17,18)19,21-14(22)25)20-12(23)11-3-2-8-27-11/h2-8H,1H3,(H,20,23)(H,21,25)/t15-/m0/s1. The summed E-state index contributed by atoms with van der Waals surface area (Å²) in [6.45, 7) is 0. The Morgan fingerprint density at radius 2 is 1.89 bits per heavy atom. The Bertz CT molecular complexity index is 883. The maximum absolute atomic E-state index is 13.8. The van der Waals surface area contributed by atoms with Gasteiger partial charge in [0.15, 0.2) is 0 Å². The monoisotopic (exact) mass is 399 g/mol. The van der Waals surface area contributed by atoms with Gasteiger partial charge in [0.25, 0.3) is 17.5 Å². The van der Waals surface area contributed by atoms with Gasteiger partial charge in [-0.25, -0.2) is 9.69 Å². The van der Waals surface area contributed by atoms with E-state index in [2.05, 4.69) is 0 Å². The number of ether oxygens (including phenoxy) is 1. The number of urea groups is 1. The number of halogens is 3. The molecule has 11 heteroatoms. The molecule has 7 nitrogen and oxygen atoms in total. The van der Waals surface area contributed by atoms with E-state index in [0.29, 0.717) is 10.6 Å². The quantitative estimate of drug-likeness (QED) is 0.774. The van der Waals surface area contributed by atoms with Crippen LogP contribution in [0.1, 0.15) is 9.67 Å². The maximum atomic E-state index is 13.8. The minimum atomic E-state index is -5.27. The van der Waals surface area contributed by atoms with Gasteiger partial charge in [0, 0.05) is 0 Å². The second-order valence-electron chi connectivity index (χ2n) is 5.45. The summed E-state index contributed by atoms with van der Waals surface area (Å²) < 4.78 is 46.2. The van der Waals surface area contributed by atoms with Crippen LogP contribution in [0.25, 0.3) is 0 Å². The van der Waals surface area contributed by atoms with Gasteiger partial charge in [0.05, 0.1) is 17.7 Å². The second kappa shape index (κ2) is 6.58. The molecule has 2 aromatic rings. The van der Waals surface area contributed by atoms with Crippen LogP contribution in [0.3, 0.4) is 0 Å². The Balaban J connectivity index is 1.98. The second-order valence-corrected chi connectivity index (χ2v) is 6.40. The van der Waals surface area contributed by atoms with Crippen LogP contribution in [0.15, 0.2) is 41.8 Å². The van der Waals surface area contributed by atoms with E-state index in [1.54, 1.807) is 10.6 Å². The van der Waals surface area contributed by atoms with Crippen molar-refractivity contribution in [2.24, 2.45) is 0 Å². The molecule has 0 bridgehead atoms. The van der Waals surface area contributed by atoms with Crippen molar-refractivity contribution in [2.75, 3.05) is 12.0 Å². The highest BCUT2D eigenvalue weighted by Crippen LogP contribution is 2.36. The third kappa shape index (κ3) is 3.10. The number of amides is 4. The van der Waals surface area contributed by atoms with E-state index in [0.717, 1.165) is 11.3 Å². The summed E-state index contributed by atoms with van der Waals surface area (Å²) in [6.07, 6.45) is -5.27. The number of hydrogen-bond acceptors (Lipinski definition) is 5. The van der Waals surface area contributed by atoms with E-state index in [9.17, 15) is 27.6 Å². The minimum Gasteiger partial charge on any atom is -0.497 e. The average Bonchev–Trinajstić information content (AvgIpc) is 3.23. The Hall–Kier alpha value is -3.08. The number of thiophene rings is 1. The molecule has 142 valence electrons. The normalized spacial score (nSPS) is 19.8. The molecule has 2 heterocycles. The number of hydrogen-bond donors (Lipinski definition) is 2. The number of imide groups is 1. The van der Waals surface area contributed by atoms with Gasteiger partial charge in [-0.15, -0.1) is 11.3 Å². The van der Waals surface area contributed by atoms with E-state index in [1.807, 2.05) is 0 Å². The van der Waals surface area contributed by atoms with E-state index in [4.69, 9.17) is 4.74 Å². The zero-order chi connectivity index (χ0) is 19.8. The van der Waals surface area contributed by atoms with Gasteiger partial charge in [0.2, 0.25) is 0 Å². The molecule has 3 rings (SSSR count). The molecule has 27 heavy (non-hydrogen) atoms. The lowest BCUT2D eigenvalue weighted by Crippen LogP contribution is -2.69. The fourth-order valence-corrected chi connectivity index (χ4v) is 3.10. The fraction of sp³-hybridized carbons (Fsp3) is 0.188. The topological polar surface area (TPSA) is 87.7 Å². The molecule has 0 saturated carbocycles. The van der Waals surface area contributed by atoms with Gasteiger partial charge in [-0.05, 0) is 35.7 Å². The van der Waals surface area contributed by atoms with Crippen molar-refractivity contribution in [1.29, 1.82) is 0 Å². The number of alkyl halides is 3. The minimum absolute atomic E-state index is 0.0384. The van der Waals surface area contributed by atoms with Crippen molar-refractivity contribution in [3.63, 3.8) is 0 Å². The summed E-state index contributed by atoms with van der Waals surface area (Å²) in [5.74, 6) is -2.40. The van der Waals surface area contributed by atoms with Crippen LogP contribution >= 0.6 is 11.3 Å². The Kier molecular flexibility index (Phi) is 4.56. The van der Waals surface area contributed by atoms with E-state index in [-0.39, 0.29) is 10.6 Å². The first-order chi connectivity index (χ1) is 12.7. The number of nitrogens with one attached hydrogen (secondary N) is 2. The van der Waals surface area contributed by atoms with Crippen molar-refractivity contribution in [1.82, 2.24) is 10.6 Å². The highest BCUT2D eigenvalue weighted by Gasteiger charge is 2.69. The SMILES string of the molecule is COc1ccc(N2C(=O)N[C@](NC(=O)c3cccs3)(C(F)(F)F)C2=O)cc1. The third-order valence-electron chi connectivity index (χ3n) is 3.82. The summed E-state index contributed by atoms with van der Waals surface area (Å²) in [6, 6.07) is 6.73.